The van der Waals surface area contributed by atoms with Crippen LogP contribution in [0.5, 0.6) is 0 Å². The minimum absolute atomic E-state index is 0.0994. The molecule has 26 heavy (non-hydrogen) atoms. The summed E-state index contributed by atoms with van der Waals surface area (Å²) in [7, 11) is 0. The average Bonchev–Trinajstić information content (AvgIpc) is 2.59. The zero-order valence-corrected chi connectivity index (χ0v) is 16.7. The highest BCUT2D eigenvalue weighted by Gasteiger charge is 2.23. The van der Waals surface area contributed by atoms with Gasteiger partial charge in [0.15, 0.2) is 0 Å². The second-order valence-corrected chi connectivity index (χ2v) is 8.03. The molecule has 0 unspecified atom stereocenters. The molecule has 0 radical (unpaired) electrons. The van der Waals surface area contributed by atoms with E-state index < -0.39 is 0 Å². The quantitative estimate of drug-likeness (QED) is 0.493. The van der Waals surface area contributed by atoms with E-state index in [9.17, 15) is 0 Å². The maximum absolute atomic E-state index is 5.14. The number of benzene rings is 2. The molecule has 0 spiro atoms. The molecule has 0 N–H and O–H groups in total. The summed E-state index contributed by atoms with van der Waals surface area (Å²) in [6.45, 7) is 13.1. The summed E-state index contributed by atoms with van der Waals surface area (Å²) >= 11 is 0. The molecule has 0 aliphatic heterocycles. The van der Waals surface area contributed by atoms with Crippen molar-refractivity contribution in [3.63, 3.8) is 0 Å². The van der Waals surface area contributed by atoms with Crippen molar-refractivity contribution < 1.29 is 0 Å². The van der Waals surface area contributed by atoms with Gasteiger partial charge in [-0.25, -0.2) is 4.98 Å². The van der Waals surface area contributed by atoms with Gasteiger partial charge in [0.05, 0.1) is 22.6 Å². The highest BCUT2D eigenvalue weighted by atomic mass is 14.8. The molecular weight excluding hydrogens is 316 g/mol. The lowest BCUT2D eigenvalue weighted by Gasteiger charge is -2.22. The van der Waals surface area contributed by atoms with Gasteiger partial charge in [-0.15, -0.1) is 0 Å². The molecule has 1 aromatic heterocycles. The molecule has 134 valence electrons. The lowest BCUT2D eigenvalue weighted by atomic mass is 9.87. The number of aryl methyl sites for hydroxylation is 3. The van der Waals surface area contributed by atoms with Crippen LogP contribution in [0.15, 0.2) is 53.5 Å². The van der Waals surface area contributed by atoms with E-state index in [0.717, 1.165) is 34.4 Å². The van der Waals surface area contributed by atoms with Crippen LogP contribution in [0, 0.1) is 19.3 Å². The van der Waals surface area contributed by atoms with Gasteiger partial charge >= 0.3 is 0 Å². The number of aromatic nitrogens is 1. The molecule has 0 atom stereocenters. The summed E-state index contributed by atoms with van der Waals surface area (Å²) in [6.07, 6.45) is 1.05. The van der Waals surface area contributed by atoms with E-state index in [2.05, 4.69) is 77.9 Å². The van der Waals surface area contributed by atoms with Crippen molar-refractivity contribution in [1.29, 1.82) is 0 Å². The molecule has 2 aromatic carbocycles. The molecule has 2 nitrogen and oxygen atoms in total. The lowest BCUT2D eigenvalue weighted by Crippen LogP contribution is -2.22. The fraction of sp³-hybridized carbons (Fsp3) is 0.333. The lowest BCUT2D eigenvalue weighted by molar-refractivity contribution is 0.591. The Bertz CT molecular complexity index is 952. The minimum Gasteiger partial charge on any atom is -0.250 e. The SMILES string of the molecule is CCc1cc(C)c(N=C(c2ccc3ccccc3n2)C(C)(C)C)c(C)c1. The Morgan fingerprint density at radius 3 is 2.23 bits per heavy atom. The third-order valence-corrected chi connectivity index (χ3v) is 4.73. The molecular formula is C24H28N2. The van der Waals surface area contributed by atoms with Crippen LogP contribution in [0.2, 0.25) is 0 Å². The Morgan fingerprint density at radius 1 is 0.962 bits per heavy atom. The van der Waals surface area contributed by atoms with Crippen LogP contribution in [0.4, 0.5) is 5.69 Å². The van der Waals surface area contributed by atoms with E-state index in [1.165, 1.54) is 16.7 Å². The monoisotopic (exact) mass is 344 g/mol. The Kier molecular flexibility index (Phi) is 4.95. The average molecular weight is 345 g/mol. The van der Waals surface area contributed by atoms with Crippen LogP contribution in [0.25, 0.3) is 10.9 Å². The van der Waals surface area contributed by atoms with Crippen LogP contribution in [0.1, 0.15) is 50.1 Å². The summed E-state index contributed by atoms with van der Waals surface area (Å²) in [4.78, 5) is 10.0. The van der Waals surface area contributed by atoms with Crippen molar-refractivity contribution in [3.8, 4) is 0 Å². The number of hydrogen-bond acceptors (Lipinski definition) is 2. The normalized spacial score (nSPS) is 12.6. The topological polar surface area (TPSA) is 25.2 Å². The maximum atomic E-state index is 5.14. The molecule has 0 amide bonds. The highest BCUT2D eigenvalue weighted by molar-refractivity contribution is 6.05. The van der Waals surface area contributed by atoms with E-state index in [1.807, 2.05) is 12.1 Å². The van der Waals surface area contributed by atoms with Crippen molar-refractivity contribution in [1.82, 2.24) is 4.98 Å². The van der Waals surface area contributed by atoms with Gasteiger partial charge in [-0.3, -0.25) is 4.99 Å². The Labute approximate surface area is 157 Å². The fourth-order valence-electron chi connectivity index (χ4n) is 3.34. The number of aliphatic imine (C=N–C) groups is 1. The minimum atomic E-state index is -0.0994. The predicted octanol–water partition coefficient (Wildman–Crippen LogP) is 6.58. The predicted molar refractivity (Wildman–Crippen MR) is 113 cm³/mol. The van der Waals surface area contributed by atoms with Gasteiger partial charge in [-0.1, -0.05) is 64.1 Å². The van der Waals surface area contributed by atoms with Gasteiger partial charge in [-0.05, 0) is 49.1 Å². The van der Waals surface area contributed by atoms with Crippen molar-refractivity contribution in [2.45, 2.75) is 48.0 Å². The second-order valence-electron chi connectivity index (χ2n) is 8.03. The van der Waals surface area contributed by atoms with E-state index >= 15 is 0 Å². The molecule has 2 heteroatoms. The Morgan fingerprint density at radius 2 is 1.62 bits per heavy atom. The van der Waals surface area contributed by atoms with Crippen molar-refractivity contribution in [2.24, 2.45) is 10.4 Å². The Hall–Kier alpha value is -2.48. The summed E-state index contributed by atoms with van der Waals surface area (Å²) in [6, 6.07) is 17.0. The summed E-state index contributed by atoms with van der Waals surface area (Å²) in [5.41, 5.74) is 7.78. The second kappa shape index (κ2) is 7.03. The number of pyridine rings is 1. The Balaban J connectivity index is 2.19. The van der Waals surface area contributed by atoms with Gasteiger partial charge < -0.3 is 0 Å². The molecule has 1 heterocycles. The third-order valence-electron chi connectivity index (χ3n) is 4.73. The first-order chi connectivity index (χ1) is 12.3. The van der Waals surface area contributed by atoms with Crippen molar-refractivity contribution in [2.75, 3.05) is 0 Å². The molecule has 3 aromatic rings. The van der Waals surface area contributed by atoms with E-state index in [-0.39, 0.29) is 5.41 Å². The number of fused-ring (bicyclic) bond motifs is 1. The zero-order chi connectivity index (χ0) is 18.9. The third kappa shape index (κ3) is 3.70. The van der Waals surface area contributed by atoms with Crippen LogP contribution < -0.4 is 0 Å². The van der Waals surface area contributed by atoms with Crippen molar-refractivity contribution in [3.05, 3.63) is 70.9 Å². The summed E-state index contributed by atoms with van der Waals surface area (Å²) in [5.74, 6) is 0. The van der Waals surface area contributed by atoms with Crippen molar-refractivity contribution >= 4 is 22.3 Å². The molecule has 0 aliphatic rings. The smallest absolute Gasteiger partial charge is 0.0857 e. The fourth-order valence-corrected chi connectivity index (χ4v) is 3.34. The first-order valence-corrected chi connectivity index (χ1v) is 9.35. The van der Waals surface area contributed by atoms with Crippen LogP contribution in [0.3, 0.4) is 0 Å². The maximum Gasteiger partial charge on any atom is 0.0857 e. The molecule has 0 saturated carbocycles. The van der Waals surface area contributed by atoms with E-state index in [0.29, 0.717) is 0 Å². The van der Waals surface area contributed by atoms with Crippen LogP contribution >= 0.6 is 0 Å². The van der Waals surface area contributed by atoms with E-state index in [1.54, 1.807) is 0 Å². The first kappa shape index (κ1) is 18.3. The largest absolute Gasteiger partial charge is 0.250 e. The summed E-state index contributed by atoms with van der Waals surface area (Å²) in [5, 5.41) is 1.16. The van der Waals surface area contributed by atoms with Gasteiger partial charge in [0.25, 0.3) is 0 Å². The van der Waals surface area contributed by atoms with Gasteiger partial charge in [0.2, 0.25) is 0 Å². The first-order valence-electron chi connectivity index (χ1n) is 9.35. The number of para-hydroxylation sites is 1. The highest BCUT2D eigenvalue weighted by Crippen LogP contribution is 2.31. The molecule has 0 saturated heterocycles. The molecule has 0 aliphatic carbocycles. The van der Waals surface area contributed by atoms with Gasteiger partial charge in [-0.2, -0.15) is 0 Å². The van der Waals surface area contributed by atoms with Crippen LogP contribution in [-0.4, -0.2) is 10.7 Å². The molecule has 0 fully saturated rings. The number of hydrogen-bond donors (Lipinski definition) is 0. The summed E-state index contributed by atoms with van der Waals surface area (Å²) < 4.78 is 0. The van der Waals surface area contributed by atoms with Crippen LogP contribution in [-0.2, 0) is 6.42 Å². The molecule has 0 bridgehead atoms. The number of nitrogens with zero attached hydrogens (tertiary/aromatic N) is 2. The zero-order valence-electron chi connectivity index (χ0n) is 16.7. The van der Waals surface area contributed by atoms with Gasteiger partial charge in [0.1, 0.15) is 0 Å². The number of rotatable bonds is 3. The standard InChI is InChI=1S/C24H28N2/c1-7-18-14-16(2)22(17(3)15-18)26-23(24(4,5)6)21-13-12-19-10-8-9-11-20(19)25-21/h8-15H,7H2,1-6H3. The van der Waals surface area contributed by atoms with E-state index in [4.69, 9.17) is 9.98 Å². The van der Waals surface area contributed by atoms with Gasteiger partial charge in [0, 0.05) is 10.8 Å². The molecule has 3 rings (SSSR count).